The lowest BCUT2D eigenvalue weighted by molar-refractivity contribution is -0.121. The highest BCUT2D eigenvalue weighted by Crippen LogP contribution is 2.23. The van der Waals surface area contributed by atoms with Crippen molar-refractivity contribution in [2.45, 2.75) is 19.4 Å². The van der Waals surface area contributed by atoms with Crippen LogP contribution in [-0.4, -0.2) is 23.8 Å². The normalized spacial score (nSPS) is 17.0. The van der Waals surface area contributed by atoms with Crippen LogP contribution in [0.4, 0.5) is 11.4 Å². The van der Waals surface area contributed by atoms with Gasteiger partial charge >= 0.3 is 0 Å². The molecule has 7 nitrogen and oxygen atoms in total. The van der Waals surface area contributed by atoms with E-state index in [1.807, 2.05) is 19.1 Å². The number of hydrazine groups is 1. The molecule has 3 amide bonds. The van der Waals surface area contributed by atoms with Crippen molar-refractivity contribution in [2.75, 3.05) is 10.6 Å². The predicted octanol–water partition coefficient (Wildman–Crippen LogP) is 1.14. The molecule has 7 heteroatoms. The quantitative estimate of drug-likeness (QED) is 0.441. The second-order valence-corrected chi connectivity index (χ2v) is 5.85. The van der Waals surface area contributed by atoms with Crippen molar-refractivity contribution in [1.29, 1.82) is 0 Å². The number of nitrogen functional groups attached to an aromatic ring is 1. The number of hydrogen-bond acceptors (Lipinski definition) is 5. The number of hydrogen-bond donors (Lipinski definition) is 3. The monoisotopic (exact) mass is 338 g/mol. The van der Waals surface area contributed by atoms with Crippen molar-refractivity contribution in [1.82, 2.24) is 10.9 Å². The van der Waals surface area contributed by atoms with Crippen molar-refractivity contribution in [3.8, 4) is 0 Å². The van der Waals surface area contributed by atoms with Gasteiger partial charge in [-0.25, -0.2) is 10.3 Å². The highest BCUT2D eigenvalue weighted by atomic mass is 16.2. The highest BCUT2D eigenvalue weighted by molar-refractivity contribution is 6.22. The van der Waals surface area contributed by atoms with Crippen LogP contribution in [0.5, 0.6) is 0 Å². The van der Waals surface area contributed by atoms with Gasteiger partial charge < -0.3 is 5.73 Å². The van der Waals surface area contributed by atoms with Crippen molar-refractivity contribution in [2.24, 2.45) is 0 Å². The van der Waals surface area contributed by atoms with E-state index in [9.17, 15) is 14.4 Å². The van der Waals surface area contributed by atoms with Crippen LogP contribution in [0.15, 0.2) is 48.5 Å². The van der Waals surface area contributed by atoms with Crippen LogP contribution >= 0.6 is 0 Å². The fourth-order valence-corrected chi connectivity index (χ4v) is 2.63. The fourth-order valence-electron chi connectivity index (χ4n) is 2.63. The highest BCUT2D eigenvalue weighted by Gasteiger charge is 2.39. The third kappa shape index (κ3) is 3.36. The Labute approximate surface area is 144 Å². The molecule has 0 radical (unpaired) electrons. The van der Waals surface area contributed by atoms with Gasteiger partial charge in [0.05, 0.1) is 17.7 Å². The molecule has 2 aromatic rings. The summed E-state index contributed by atoms with van der Waals surface area (Å²) in [5, 5.41) is 0. The minimum atomic E-state index is -0.817. The number of carbonyl (C=O) groups excluding carboxylic acids is 3. The summed E-state index contributed by atoms with van der Waals surface area (Å²) in [6, 6.07) is 12.9. The SMILES string of the molecule is Cc1ccc(N2C(=O)C[C@@H](NNC(=O)c3ccccc3N)C2=O)cc1. The number of carbonyl (C=O) groups is 3. The van der Waals surface area contributed by atoms with Gasteiger partial charge in [-0.3, -0.25) is 19.8 Å². The zero-order chi connectivity index (χ0) is 18.0. The number of rotatable bonds is 4. The van der Waals surface area contributed by atoms with E-state index in [0.29, 0.717) is 16.9 Å². The van der Waals surface area contributed by atoms with Gasteiger partial charge in [-0.2, -0.15) is 0 Å². The van der Waals surface area contributed by atoms with E-state index in [0.717, 1.165) is 10.5 Å². The molecule has 0 saturated carbocycles. The van der Waals surface area contributed by atoms with Gasteiger partial charge in [0.15, 0.2) is 0 Å². The molecule has 4 N–H and O–H groups in total. The third-order valence-electron chi connectivity index (χ3n) is 4.00. The minimum Gasteiger partial charge on any atom is -0.398 e. The third-order valence-corrected chi connectivity index (χ3v) is 4.00. The Morgan fingerprint density at radius 2 is 1.80 bits per heavy atom. The average molecular weight is 338 g/mol. The Morgan fingerprint density at radius 3 is 2.48 bits per heavy atom. The number of nitrogens with one attached hydrogen (secondary N) is 2. The molecule has 0 unspecified atom stereocenters. The molecule has 2 aromatic carbocycles. The lowest BCUT2D eigenvalue weighted by Gasteiger charge is -2.16. The maximum Gasteiger partial charge on any atom is 0.267 e. The van der Waals surface area contributed by atoms with Gasteiger partial charge in [-0.1, -0.05) is 29.8 Å². The van der Waals surface area contributed by atoms with E-state index in [2.05, 4.69) is 10.9 Å². The maximum absolute atomic E-state index is 12.5. The number of para-hydroxylation sites is 1. The first kappa shape index (κ1) is 16.7. The van der Waals surface area contributed by atoms with E-state index < -0.39 is 17.9 Å². The van der Waals surface area contributed by atoms with Gasteiger partial charge in [-0.15, -0.1) is 0 Å². The van der Waals surface area contributed by atoms with Crippen LogP contribution in [-0.2, 0) is 9.59 Å². The summed E-state index contributed by atoms with van der Waals surface area (Å²) in [5.41, 5.74) is 13.0. The molecule has 128 valence electrons. The molecule has 1 atom stereocenters. The molecule has 1 aliphatic rings. The summed E-state index contributed by atoms with van der Waals surface area (Å²) in [5.74, 6) is -1.19. The number of nitrogens with two attached hydrogens (primary N) is 1. The van der Waals surface area contributed by atoms with Crippen molar-refractivity contribution < 1.29 is 14.4 Å². The first-order chi connectivity index (χ1) is 12.0. The van der Waals surface area contributed by atoms with Crippen LogP contribution in [0.3, 0.4) is 0 Å². The average Bonchev–Trinajstić information content (AvgIpc) is 2.88. The molecule has 25 heavy (non-hydrogen) atoms. The second kappa shape index (κ2) is 6.74. The summed E-state index contributed by atoms with van der Waals surface area (Å²) in [6.07, 6.45) is -0.0305. The van der Waals surface area contributed by atoms with E-state index in [1.54, 1.807) is 36.4 Å². The number of nitrogens with zero attached hydrogens (tertiary/aromatic N) is 1. The van der Waals surface area contributed by atoms with Crippen LogP contribution in [0.2, 0.25) is 0 Å². The number of imide groups is 1. The smallest absolute Gasteiger partial charge is 0.267 e. The van der Waals surface area contributed by atoms with E-state index in [4.69, 9.17) is 5.73 Å². The van der Waals surface area contributed by atoms with Gasteiger partial charge in [0.1, 0.15) is 6.04 Å². The Kier molecular flexibility index (Phi) is 4.49. The molecule has 0 aromatic heterocycles. The van der Waals surface area contributed by atoms with Crippen molar-refractivity contribution in [3.05, 3.63) is 59.7 Å². The zero-order valence-corrected chi connectivity index (χ0v) is 13.7. The topological polar surface area (TPSA) is 105 Å². The van der Waals surface area contributed by atoms with Crippen LogP contribution in [0.1, 0.15) is 22.3 Å². The van der Waals surface area contributed by atoms with Gasteiger partial charge in [-0.05, 0) is 31.2 Å². The Hall–Kier alpha value is -3.19. The minimum absolute atomic E-state index is 0.0305. The Balaban J connectivity index is 1.67. The summed E-state index contributed by atoms with van der Waals surface area (Å²) in [4.78, 5) is 37.9. The largest absolute Gasteiger partial charge is 0.398 e. The van der Waals surface area contributed by atoms with Gasteiger partial charge in [0.2, 0.25) is 5.91 Å². The van der Waals surface area contributed by atoms with Crippen LogP contribution in [0.25, 0.3) is 0 Å². The molecule has 3 rings (SSSR count). The molecule has 0 aliphatic carbocycles. The predicted molar refractivity (Wildman–Crippen MR) is 93.5 cm³/mol. The number of benzene rings is 2. The van der Waals surface area contributed by atoms with E-state index >= 15 is 0 Å². The van der Waals surface area contributed by atoms with Gasteiger partial charge in [0.25, 0.3) is 11.8 Å². The number of amides is 3. The number of aryl methyl sites for hydroxylation is 1. The van der Waals surface area contributed by atoms with Crippen molar-refractivity contribution >= 4 is 29.1 Å². The molecule has 1 saturated heterocycles. The first-order valence-electron chi connectivity index (χ1n) is 7.81. The van der Waals surface area contributed by atoms with E-state index in [-0.39, 0.29) is 12.3 Å². The fraction of sp³-hybridized carbons (Fsp3) is 0.167. The molecular weight excluding hydrogens is 320 g/mol. The second-order valence-electron chi connectivity index (χ2n) is 5.85. The Bertz CT molecular complexity index is 832. The zero-order valence-electron chi connectivity index (χ0n) is 13.7. The lowest BCUT2D eigenvalue weighted by Crippen LogP contribution is -2.48. The molecule has 0 spiro atoms. The summed E-state index contributed by atoms with van der Waals surface area (Å²) in [7, 11) is 0. The molecule has 1 fully saturated rings. The van der Waals surface area contributed by atoms with E-state index in [1.165, 1.54) is 0 Å². The molecule has 1 heterocycles. The summed E-state index contributed by atoms with van der Waals surface area (Å²) >= 11 is 0. The van der Waals surface area contributed by atoms with Crippen LogP contribution < -0.4 is 21.5 Å². The number of anilines is 2. The first-order valence-corrected chi connectivity index (χ1v) is 7.81. The van der Waals surface area contributed by atoms with Gasteiger partial charge in [0, 0.05) is 5.69 Å². The lowest BCUT2D eigenvalue weighted by atomic mass is 10.2. The Morgan fingerprint density at radius 1 is 1.12 bits per heavy atom. The summed E-state index contributed by atoms with van der Waals surface area (Å²) in [6.45, 7) is 1.92. The molecule has 1 aliphatic heterocycles. The van der Waals surface area contributed by atoms with Crippen LogP contribution in [0, 0.1) is 6.92 Å². The molecular formula is C18H18N4O3. The standard InChI is InChI=1S/C18H18N4O3/c1-11-6-8-12(9-7-11)22-16(23)10-15(18(22)25)20-21-17(24)13-4-2-3-5-14(13)19/h2-9,15,20H,10,19H2,1H3,(H,21,24)/t15-/m1/s1. The summed E-state index contributed by atoms with van der Waals surface area (Å²) < 4.78 is 0. The van der Waals surface area contributed by atoms with Crippen molar-refractivity contribution in [3.63, 3.8) is 0 Å². The molecule has 0 bridgehead atoms. The maximum atomic E-state index is 12.5.